The molecule has 2 aliphatic rings. The van der Waals surface area contributed by atoms with Crippen molar-refractivity contribution in [2.24, 2.45) is 5.92 Å². The van der Waals surface area contributed by atoms with Crippen LogP contribution in [0.2, 0.25) is 0 Å². The third kappa shape index (κ3) is 2.69. The molecule has 0 aromatic carbocycles. The van der Waals surface area contributed by atoms with Gasteiger partial charge < -0.3 is 10.4 Å². The van der Waals surface area contributed by atoms with Crippen molar-refractivity contribution in [3.8, 4) is 0 Å². The largest absolute Gasteiger partial charge is 0.481 e. The van der Waals surface area contributed by atoms with Gasteiger partial charge in [-0.05, 0) is 38.8 Å². The molecule has 0 aromatic rings. The van der Waals surface area contributed by atoms with Gasteiger partial charge in [0.2, 0.25) is 0 Å². The van der Waals surface area contributed by atoms with Gasteiger partial charge >= 0.3 is 5.97 Å². The first-order valence-corrected chi connectivity index (χ1v) is 5.95. The monoisotopic (exact) mass is 212 g/mol. The second-order valence-electron chi connectivity index (χ2n) is 4.67. The molecule has 2 fully saturated rings. The summed E-state index contributed by atoms with van der Waals surface area (Å²) in [7, 11) is 0. The van der Waals surface area contributed by atoms with Gasteiger partial charge in [0.25, 0.3) is 0 Å². The molecule has 2 unspecified atom stereocenters. The maximum absolute atomic E-state index is 10.9. The summed E-state index contributed by atoms with van der Waals surface area (Å²) in [6.07, 6.45) is 4.33. The lowest BCUT2D eigenvalue weighted by Crippen LogP contribution is -2.50. The number of rotatable bonds is 2. The fourth-order valence-corrected chi connectivity index (χ4v) is 2.68. The summed E-state index contributed by atoms with van der Waals surface area (Å²) in [6, 6.07) is 0.570. The topological polar surface area (TPSA) is 52.6 Å². The van der Waals surface area contributed by atoms with Crippen LogP contribution in [0.1, 0.15) is 25.7 Å². The van der Waals surface area contributed by atoms with Crippen LogP contribution >= 0.6 is 0 Å². The average molecular weight is 212 g/mol. The minimum absolute atomic E-state index is 0.138. The molecule has 2 saturated heterocycles. The number of likely N-dealkylation sites (tertiary alicyclic amines) is 1. The van der Waals surface area contributed by atoms with E-state index >= 15 is 0 Å². The SMILES string of the molecule is O=C(O)C1CCCN(C2CCCNC2)C1. The Morgan fingerprint density at radius 3 is 2.87 bits per heavy atom. The van der Waals surface area contributed by atoms with Crippen molar-refractivity contribution < 1.29 is 9.90 Å². The van der Waals surface area contributed by atoms with Crippen molar-refractivity contribution in [3.05, 3.63) is 0 Å². The molecule has 4 nitrogen and oxygen atoms in total. The highest BCUT2D eigenvalue weighted by atomic mass is 16.4. The molecule has 0 amide bonds. The Morgan fingerprint density at radius 1 is 1.33 bits per heavy atom. The van der Waals surface area contributed by atoms with Crippen LogP contribution in [0.15, 0.2) is 0 Å². The zero-order chi connectivity index (χ0) is 10.7. The molecule has 0 aromatic heterocycles. The van der Waals surface area contributed by atoms with Crippen molar-refractivity contribution in [3.63, 3.8) is 0 Å². The van der Waals surface area contributed by atoms with Crippen LogP contribution in [0.4, 0.5) is 0 Å². The van der Waals surface area contributed by atoms with Crippen molar-refractivity contribution in [2.45, 2.75) is 31.7 Å². The summed E-state index contributed by atoms with van der Waals surface area (Å²) in [5, 5.41) is 12.4. The van der Waals surface area contributed by atoms with E-state index < -0.39 is 5.97 Å². The van der Waals surface area contributed by atoms with Crippen molar-refractivity contribution >= 4 is 5.97 Å². The summed E-state index contributed by atoms with van der Waals surface area (Å²) in [6.45, 7) is 3.98. The smallest absolute Gasteiger partial charge is 0.307 e. The summed E-state index contributed by atoms with van der Waals surface area (Å²) < 4.78 is 0. The fraction of sp³-hybridized carbons (Fsp3) is 0.909. The lowest BCUT2D eigenvalue weighted by atomic mass is 9.95. The van der Waals surface area contributed by atoms with Gasteiger partial charge in [0.05, 0.1) is 5.92 Å². The number of carboxylic acid groups (broad SMARTS) is 1. The molecule has 86 valence electrons. The van der Waals surface area contributed by atoms with Gasteiger partial charge in [0, 0.05) is 19.1 Å². The Morgan fingerprint density at radius 2 is 2.20 bits per heavy atom. The number of carbonyl (C=O) groups is 1. The van der Waals surface area contributed by atoms with Crippen LogP contribution in [0, 0.1) is 5.92 Å². The molecule has 0 spiro atoms. The van der Waals surface area contributed by atoms with Gasteiger partial charge in [-0.2, -0.15) is 0 Å². The molecular formula is C11H20N2O2. The highest BCUT2D eigenvalue weighted by Gasteiger charge is 2.29. The molecule has 0 saturated carbocycles. The molecule has 0 bridgehead atoms. The Kier molecular flexibility index (Phi) is 3.59. The molecule has 0 radical (unpaired) electrons. The van der Waals surface area contributed by atoms with Gasteiger partial charge in [-0.25, -0.2) is 0 Å². The first-order chi connectivity index (χ1) is 7.27. The van der Waals surface area contributed by atoms with Gasteiger partial charge in [0.1, 0.15) is 0 Å². The van der Waals surface area contributed by atoms with Crippen LogP contribution in [-0.4, -0.2) is 48.2 Å². The third-order valence-corrected chi connectivity index (χ3v) is 3.59. The molecule has 2 atom stereocenters. The first kappa shape index (κ1) is 10.9. The molecule has 0 aliphatic carbocycles. The average Bonchev–Trinajstić information content (AvgIpc) is 2.30. The van der Waals surface area contributed by atoms with Gasteiger partial charge in [-0.15, -0.1) is 0 Å². The second-order valence-corrected chi connectivity index (χ2v) is 4.67. The van der Waals surface area contributed by atoms with Crippen molar-refractivity contribution in [2.75, 3.05) is 26.2 Å². The molecule has 2 N–H and O–H groups in total. The van der Waals surface area contributed by atoms with E-state index in [-0.39, 0.29) is 5.92 Å². The minimum Gasteiger partial charge on any atom is -0.481 e. The molecule has 2 heterocycles. The van der Waals surface area contributed by atoms with Crippen LogP contribution in [0.5, 0.6) is 0 Å². The van der Waals surface area contributed by atoms with Crippen LogP contribution in [0.3, 0.4) is 0 Å². The maximum Gasteiger partial charge on any atom is 0.307 e. The highest BCUT2D eigenvalue weighted by molar-refractivity contribution is 5.70. The molecule has 4 heteroatoms. The summed E-state index contributed by atoms with van der Waals surface area (Å²) >= 11 is 0. The summed E-state index contributed by atoms with van der Waals surface area (Å²) in [4.78, 5) is 13.3. The first-order valence-electron chi connectivity index (χ1n) is 5.95. The molecule has 2 aliphatic heterocycles. The van der Waals surface area contributed by atoms with Crippen LogP contribution in [0.25, 0.3) is 0 Å². The molecular weight excluding hydrogens is 192 g/mol. The Bertz CT molecular complexity index is 227. The predicted octanol–water partition coefficient (Wildman–Crippen LogP) is 0.535. The van der Waals surface area contributed by atoms with E-state index in [1.54, 1.807) is 0 Å². The number of nitrogens with zero attached hydrogens (tertiary/aromatic N) is 1. The lowest BCUT2D eigenvalue weighted by molar-refractivity contribution is -0.144. The number of piperidine rings is 2. The highest BCUT2D eigenvalue weighted by Crippen LogP contribution is 2.21. The van der Waals surface area contributed by atoms with Crippen molar-refractivity contribution in [1.82, 2.24) is 10.2 Å². The number of hydrogen-bond acceptors (Lipinski definition) is 3. The second kappa shape index (κ2) is 4.94. The standard InChI is InChI=1S/C11H20N2O2/c14-11(15)9-3-2-6-13(8-9)10-4-1-5-12-7-10/h9-10,12H,1-8H2,(H,14,15). The van der Waals surface area contributed by atoms with E-state index in [2.05, 4.69) is 10.2 Å². The van der Waals surface area contributed by atoms with Gasteiger partial charge in [-0.3, -0.25) is 9.69 Å². The van der Waals surface area contributed by atoms with Crippen LogP contribution < -0.4 is 5.32 Å². The molecule has 15 heavy (non-hydrogen) atoms. The van der Waals surface area contributed by atoms with E-state index in [1.165, 1.54) is 12.8 Å². The van der Waals surface area contributed by atoms with E-state index in [0.29, 0.717) is 6.04 Å². The summed E-state index contributed by atoms with van der Waals surface area (Å²) in [5.41, 5.74) is 0. The maximum atomic E-state index is 10.9. The third-order valence-electron chi connectivity index (χ3n) is 3.59. The predicted molar refractivity (Wildman–Crippen MR) is 57.8 cm³/mol. The van der Waals surface area contributed by atoms with Crippen LogP contribution in [-0.2, 0) is 4.79 Å². The Labute approximate surface area is 90.6 Å². The van der Waals surface area contributed by atoms with Gasteiger partial charge in [0.15, 0.2) is 0 Å². The van der Waals surface area contributed by atoms with Gasteiger partial charge in [-0.1, -0.05) is 0 Å². The quantitative estimate of drug-likeness (QED) is 0.701. The van der Waals surface area contributed by atoms with E-state index in [9.17, 15) is 4.79 Å². The number of hydrogen-bond donors (Lipinski definition) is 2. The van der Waals surface area contributed by atoms with E-state index in [4.69, 9.17) is 5.11 Å². The number of nitrogens with one attached hydrogen (secondary N) is 1. The lowest BCUT2D eigenvalue weighted by Gasteiger charge is -2.39. The Balaban J connectivity index is 1.88. The zero-order valence-corrected chi connectivity index (χ0v) is 9.11. The number of aliphatic carboxylic acids is 1. The van der Waals surface area contributed by atoms with E-state index in [1.807, 2.05) is 0 Å². The van der Waals surface area contributed by atoms with E-state index in [0.717, 1.165) is 39.0 Å². The summed E-state index contributed by atoms with van der Waals surface area (Å²) in [5.74, 6) is -0.760. The minimum atomic E-state index is -0.622. The Hall–Kier alpha value is -0.610. The zero-order valence-electron chi connectivity index (χ0n) is 9.11. The number of carboxylic acids is 1. The molecule has 2 rings (SSSR count). The fourth-order valence-electron chi connectivity index (χ4n) is 2.68. The van der Waals surface area contributed by atoms with Crippen molar-refractivity contribution in [1.29, 1.82) is 0 Å². The normalized spacial score (nSPS) is 33.9.